The van der Waals surface area contributed by atoms with Gasteiger partial charge in [-0.25, -0.2) is 0 Å². The summed E-state index contributed by atoms with van der Waals surface area (Å²) >= 11 is 0. The summed E-state index contributed by atoms with van der Waals surface area (Å²) < 4.78 is 4.87. The largest absolute Gasteiger partial charge is 0.400 e. The van der Waals surface area contributed by atoms with E-state index in [1.807, 2.05) is 6.92 Å². The van der Waals surface area contributed by atoms with E-state index in [-0.39, 0.29) is 12.0 Å². The number of ether oxygens (including phenoxy) is 1. The van der Waals surface area contributed by atoms with Gasteiger partial charge in [-0.05, 0) is 0 Å². The van der Waals surface area contributed by atoms with Crippen LogP contribution < -0.4 is 0 Å². The molecular formula is C6H14O3. The van der Waals surface area contributed by atoms with Crippen molar-refractivity contribution in [2.75, 3.05) is 26.9 Å². The van der Waals surface area contributed by atoms with E-state index >= 15 is 0 Å². The van der Waals surface area contributed by atoms with Crippen LogP contribution in [-0.2, 0) is 4.74 Å². The molecule has 1 saturated heterocycles. The molecule has 0 atom stereocenters. The van der Waals surface area contributed by atoms with Crippen molar-refractivity contribution in [2.45, 2.75) is 6.92 Å². The summed E-state index contributed by atoms with van der Waals surface area (Å²) in [4.78, 5) is 0. The molecule has 0 saturated carbocycles. The minimum Gasteiger partial charge on any atom is -0.400 e. The predicted molar refractivity (Wildman–Crippen MR) is 34.2 cm³/mol. The van der Waals surface area contributed by atoms with Crippen LogP contribution in [0.3, 0.4) is 0 Å². The van der Waals surface area contributed by atoms with Gasteiger partial charge in [0.25, 0.3) is 0 Å². The van der Waals surface area contributed by atoms with Crippen molar-refractivity contribution in [2.24, 2.45) is 5.41 Å². The second-order valence-corrected chi connectivity index (χ2v) is 2.46. The van der Waals surface area contributed by atoms with Crippen molar-refractivity contribution in [3.8, 4) is 0 Å². The minimum atomic E-state index is 0.0972. The molecule has 1 fully saturated rings. The molecule has 0 aromatic carbocycles. The molecule has 9 heavy (non-hydrogen) atoms. The van der Waals surface area contributed by atoms with Crippen LogP contribution in [0.2, 0.25) is 0 Å². The summed E-state index contributed by atoms with van der Waals surface area (Å²) in [6.45, 7) is 3.72. The molecule has 3 heteroatoms. The van der Waals surface area contributed by atoms with Gasteiger partial charge in [-0.15, -0.1) is 0 Å². The van der Waals surface area contributed by atoms with Gasteiger partial charge in [0.15, 0.2) is 0 Å². The van der Waals surface area contributed by atoms with Crippen LogP contribution in [-0.4, -0.2) is 37.1 Å². The Hall–Kier alpha value is -0.120. The maximum atomic E-state index is 8.57. The molecule has 0 aromatic heterocycles. The maximum Gasteiger partial charge on any atom is 0.0564 e. The van der Waals surface area contributed by atoms with Gasteiger partial charge in [0, 0.05) is 12.5 Å². The molecule has 1 rings (SSSR count). The summed E-state index contributed by atoms with van der Waals surface area (Å²) in [6.07, 6.45) is 0. The van der Waals surface area contributed by atoms with Gasteiger partial charge in [-0.3, -0.25) is 0 Å². The molecule has 56 valence electrons. The van der Waals surface area contributed by atoms with Gasteiger partial charge >= 0.3 is 0 Å². The number of hydrogen-bond donors (Lipinski definition) is 2. The van der Waals surface area contributed by atoms with E-state index in [4.69, 9.17) is 14.9 Å². The van der Waals surface area contributed by atoms with Crippen molar-refractivity contribution < 1.29 is 14.9 Å². The van der Waals surface area contributed by atoms with Crippen molar-refractivity contribution in [3.63, 3.8) is 0 Å². The molecule has 0 unspecified atom stereocenters. The van der Waals surface area contributed by atoms with E-state index in [0.717, 1.165) is 20.3 Å². The SMILES string of the molecule is CC1(CO)COC1.CO. The first-order valence-electron chi connectivity index (χ1n) is 2.90. The average Bonchev–Trinajstić information content (AvgIpc) is 1.88. The molecule has 1 heterocycles. The molecule has 1 aliphatic rings. The lowest BCUT2D eigenvalue weighted by Crippen LogP contribution is -2.42. The van der Waals surface area contributed by atoms with Gasteiger partial charge in [-0.1, -0.05) is 6.92 Å². The van der Waals surface area contributed by atoms with E-state index in [9.17, 15) is 0 Å². The van der Waals surface area contributed by atoms with E-state index in [1.54, 1.807) is 0 Å². The van der Waals surface area contributed by atoms with E-state index in [2.05, 4.69) is 0 Å². The van der Waals surface area contributed by atoms with Crippen LogP contribution in [0.1, 0.15) is 6.92 Å². The van der Waals surface area contributed by atoms with Crippen molar-refractivity contribution in [1.82, 2.24) is 0 Å². The molecule has 0 bridgehead atoms. The molecule has 0 aromatic rings. The monoisotopic (exact) mass is 134 g/mol. The van der Waals surface area contributed by atoms with E-state index < -0.39 is 0 Å². The summed E-state index contributed by atoms with van der Waals surface area (Å²) in [6, 6.07) is 0. The molecule has 0 spiro atoms. The highest BCUT2D eigenvalue weighted by atomic mass is 16.5. The zero-order valence-electron chi connectivity index (χ0n) is 5.92. The normalized spacial score (nSPS) is 21.3. The first-order chi connectivity index (χ1) is 4.27. The Bertz CT molecular complexity index is 63.2. The Morgan fingerprint density at radius 2 is 1.89 bits per heavy atom. The number of aliphatic hydroxyl groups is 2. The van der Waals surface area contributed by atoms with Crippen LogP contribution in [0, 0.1) is 5.41 Å². The second kappa shape index (κ2) is 3.82. The smallest absolute Gasteiger partial charge is 0.0564 e. The molecule has 0 aliphatic carbocycles. The van der Waals surface area contributed by atoms with Gasteiger partial charge in [-0.2, -0.15) is 0 Å². The highest BCUT2D eigenvalue weighted by Gasteiger charge is 2.31. The zero-order valence-corrected chi connectivity index (χ0v) is 5.92. The van der Waals surface area contributed by atoms with Crippen LogP contribution in [0.25, 0.3) is 0 Å². The highest BCUT2D eigenvalue weighted by Crippen LogP contribution is 2.24. The van der Waals surface area contributed by atoms with Crippen LogP contribution in [0.5, 0.6) is 0 Å². The fourth-order valence-electron chi connectivity index (χ4n) is 0.542. The summed E-state index contributed by atoms with van der Waals surface area (Å²) in [5.74, 6) is 0. The Kier molecular flexibility index (Phi) is 3.77. The highest BCUT2D eigenvalue weighted by molar-refractivity contribution is 4.78. The third kappa shape index (κ3) is 2.30. The summed E-state index contributed by atoms with van der Waals surface area (Å²) in [5, 5.41) is 15.6. The van der Waals surface area contributed by atoms with Crippen molar-refractivity contribution >= 4 is 0 Å². The average molecular weight is 134 g/mol. The lowest BCUT2D eigenvalue weighted by molar-refractivity contribution is -0.125. The quantitative estimate of drug-likeness (QED) is 0.514. The fraction of sp³-hybridized carbons (Fsp3) is 1.00. The van der Waals surface area contributed by atoms with Gasteiger partial charge in [0.05, 0.1) is 19.8 Å². The Labute approximate surface area is 55.3 Å². The lowest BCUT2D eigenvalue weighted by atomic mass is 9.90. The predicted octanol–water partition coefficient (Wildman–Crippen LogP) is -0.376. The van der Waals surface area contributed by atoms with E-state index in [0.29, 0.717) is 0 Å². The first kappa shape index (κ1) is 8.88. The Morgan fingerprint density at radius 3 is 1.89 bits per heavy atom. The topological polar surface area (TPSA) is 49.7 Å². The molecule has 2 N–H and O–H groups in total. The number of hydrogen-bond acceptors (Lipinski definition) is 3. The second-order valence-electron chi connectivity index (χ2n) is 2.46. The standard InChI is InChI=1S/C5H10O2.CH4O/c1-5(2-6)3-7-4-5;1-2/h6H,2-4H2,1H3;2H,1H3. The maximum absolute atomic E-state index is 8.57. The molecule has 1 aliphatic heterocycles. The minimum absolute atomic E-state index is 0.0972. The molecule has 3 nitrogen and oxygen atoms in total. The van der Waals surface area contributed by atoms with E-state index in [1.165, 1.54) is 0 Å². The summed E-state index contributed by atoms with van der Waals surface area (Å²) in [7, 11) is 1.00. The lowest BCUT2D eigenvalue weighted by Gasteiger charge is -2.35. The van der Waals surface area contributed by atoms with Crippen LogP contribution >= 0.6 is 0 Å². The van der Waals surface area contributed by atoms with Crippen molar-refractivity contribution in [3.05, 3.63) is 0 Å². The fourth-order valence-corrected chi connectivity index (χ4v) is 0.542. The summed E-state index contributed by atoms with van der Waals surface area (Å²) in [5.41, 5.74) is 0.0972. The number of aliphatic hydroxyl groups excluding tert-OH is 2. The Morgan fingerprint density at radius 1 is 1.44 bits per heavy atom. The zero-order chi connectivity index (χ0) is 7.33. The molecular weight excluding hydrogens is 120 g/mol. The molecule has 0 amide bonds. The third-order valence-corrected chi connectivity index (χ3v) is 1.28. The van der Waals surface area contributed by atoms with Gasteiger partial charge in [0.2, 0.25) is 0 Å². The van der Waals surface area contributed by atoms with Crippen molar-refractivity contribution in [1.29, 1.82) is 0 Å². The Balaban J connectivity index is 0.000000291. The van der Waals surface area contributed by atoms with Gasteiger partial charge < -0.3 is 14.9 Å². The van der Waals surface area contributed by atoms with Crippen LogP contribution in [0.4, 0.5) is 0 Å². The number of rotatable bonds is 1. The molecule has 0 radical (unpaired) electrons. The first-order valence-corrected chi connectivity index (χ1v) is 2.90. The van der Waals surface area contributed by atoms with Crippen LogP contribution in [0.15, 0.2) is 0 Å². The van der Waals surface area contributed by atoms with Gasteiger partial charge in [0.1, 0.15) is 0 Å². The third-order valence-electron chi connectivity index (χ3n) is 1.28.